The van der Waals surface area contributed by atoms with Crippen LogP contribution in [-0.2, 0) is 17.5 Å². The van der Waals surface area contributed by atoms with Gasteiger partial charge in [-0.15, -0.1) is 0 Å². The molecule has 0 aromatic carbocycles. The number of rotatable bonds is 5. The molecule has 0 radical (unpaired) electrons. The van der Waals surface area contributed by atoms with Crippen LogP contribution in [0.1, 0.15) is 49.7 Å². The zero-order valence-corrected chi connectivity index (χ0v) is 22.4. The summed E-state index contributed by atoms with van der Waals surface area (Å²) in [5.74, 6) is -0.809. The number of aromatic nitrogens is 5. The predicted octanol–water partition coefficient (Wildman–Crippen LogP) is 4.27. The molecule has 2 bridgehead atoms. The molecule has 3 aliphatic rings. The molecule has 2 N–H and O–H groups in total. The molecule has 6 rings (SSSR count). The Morgan fingerprint density at radius 1 is 1.15 bits per heavy atom. The Labute approximate surface area is 229 Å². The largest absolute Gasteiger partial charge is 0.437 e. The molecule has 10 nitrogen and oxygen atoms in total. The first kappa shape index (κ1) is 31.8. The molecule has 226 valence electrons. The molecule has 2 atom stereocenters. The van der Waals surface area contributed by atoms with Crippen LogP contribution in [0.3, 0.4) is 0 Å². The van der Waals surface area contributed by atoms with Gasteiger partial charge in [0.15, 0.2) is 17.1 Å². The Kier molecular flexibility index (Phi) is 9.94. The van der Waals surface area contributed by atoms with Crippen LogP contribution in [0, 0.1) is 0 Å². The van der Waals surface area contributed by atoms with Crippen molar-refractivity contribution in [2.24, 2.45) is 0 Å². The first-order valence-corrected chi connectivity index (χ1v) is 12.7. The van der Waals surface area contributed by atoms with Crippen molar-refractivity contribution < 1.29 is 40.3 Å². The summed E-state index contributed by atoms with van der Waals surface area (Å²) in [6.45, 7) is 4.17. The Morgan fingerprint density at radius 3 is 2.34 bits per heavy atom. The summed E-state index contributed by atoms with van der Waals surface area (Å²) < 4.78 is 90.0. The lowest BCUT2D eigenvalue weighted by atomic mass is 9.93. The maximum Gasteiger partial charge on any atom is 0.437 e. The fourth-order valence-electron chi connectivity index (χ4n) is 4.35. The van der Waals surface area contributed by atoms with Gasteiger partial charge in [0, 0.05) is 37.6 Å². The first-order chi connectivity index (χ1) is 19.2. The number of halogens is 7. The second kappa shape index (κ2) is 12.8. The highest BCUT2D eigenvalue weighted by molar-refractivity contribution is 6.08. The lowest BCUT2D eigenvalue weighted by Crippen LogP contribution is -2.61. The summed E-state index contributed by atoms with van der Waals surface area (Å²) in [7, 11) is 0. The molecular formula is C24H29F7N8O2. The van der Waals surface area contributed by atoms with E-state index in [4.69, 9.17) is 0 Å². The van der Waals surface area contributed by atoms with E-state index in [0.29, 0.717) is 18.1 Å². The van der Waals surface area contributed by atoms with Crippen LogP contribution in [0.15, 0.2) is 24.7 Å². The van der Waals surface area contributed by atoms with E-state index in [9.17, 15) is 40.3 Å². The number of carbonyl (C=O) groups excluding carboxylic acids is 2. The van der Waals surface area contributed by atoms with Gasteiger partial charge in [-0.25, -0.2) is 13.9 Å². The average molecular weight is 595 g/mol. The van der Waals surface area contributed by atoms with E-state index in [1.54, 1.807) is 12.3 Å². The van der Waals surface area contributed by atoms with Crippen molar-refractivity contribution in [3.8, 4) is 0 Å². The van der Waals surface area contributed by atoms with Gasteiger partial charge >= 0.3 is 12.4 Å². The minimum atomic E-state index is -5.08. The molecule has 17 heteroatoms. The summed E-state index contributed by atoms with van der Waals surface area (Å²) in [6, 6.07) is 2.30. The van der Waals surface area contributed by atoms with Crippen LogP contribution in [0.25, 0.3) is 5.65 Å². The van der Waals surface area contributed by atoms with Crippen LogP contribution >= 0.6 is 0 Å². The third-order valence-electron chi connectivity index (χ3n) is 6.05. The summed E-state index contributed by atoms with van der Waals surface area (Å²) in [6.07, 6.45) is -4.61. The van der Waals surface area contributed by atoms with Gasteiger partial charge in [0.2, 0.25) is 0 Å². The maximum atomic E-state index is 13.3. The highest BCUT2D eigenvalue weighted by Gasteiger charge is 2.40. The molecule has 3 aromatic rings. The first-order valence-electron chi connectivity index (χ1n) is 12.7. The van der Waals surface area contributed by atoms with Crippen molar-refractivity contribution in [1.29, 1.82) is 0 Å². The number of Topliss-reactive ketones (excluding diaryl/α,β-unsaturated/α-hetero) is 1. The number of nitrogens with zero attached hydrogens (tertiary/aromatic N) is 6. The minimum absolute atomic E-state index is 0.0876. The van der Waals surface area contributed by atoms with Gasteiger partial charge in [-0.3, -0.25) is 14.3 Å². The number of alkyl halides is 7. The number of piperazine rings is 1. The smallest absolute Gasteiger partial charge is 0.351 e. The van der Waals surface area contributed by atoms with Gasteiger partial charge in [0.1, 0.15) is 24.6 Å². The van der Waals surface area contributed by atoms with Crippen molar-refractivity contribution >= 4 is 28.8 Å². The van der Waals surface area contributed by atoms with Crippen LogP contribution in [-0.4, -0.2) is 74.1 Å². The van der Waals surface area contributed by atoms with Crippen molar-refractivity contribution in [1.82, 2.24) is 29.7 Å². The van der Waals surface area contributed by atoms with Crippen LogP contribution in [0.5, 0.6) is 0 Å². The molecule has 0 aliphatic carbocycles. The summed E-state index contributed by atoms with van der Waals surface area (Å²) >= 11 is 0. The molecule has 3 aromatic heterocycles. The van der Waals surface area contributed by atoms with Gasteiger partial charge in [0.05, 0.1) is 11.9 Å². The molecule has 6 heterocycles. The number of ketones is 1. The Bertz CT molecular complexity index is 1340. The number of piperidine rings is 2. The molecule has 2 unspecified atom stereocenters. The van der Waals surface area contributed by atoms with Crippen molar-refractivity contribution in [3.63, 3.8) is 0 Å². The standard InChI is InChI=1S/C19H18F6N8O.C3H5FO.C2H6/c20-18(21,22)9-31-8-13(15(30-31)19(23,24)25)28-17(34)12-6-27-33-4-3-14(29-16(12)33)32-7-10-1-2-11(32)5-26-10;1-3(5)2-4;1-2/h3-4,6,8,10-11,26H,1-2,5,7,9H2,(H,28,34);2H2,1H3;1-2H3. The van der Waals surface area contributed by atoms with Gasteiger partial charge in [-0.05, 0) is 25.8 Å². The number of anilines is 2. The quantitative estimate of drug-likeness (QED) is 0.425. The maximum absolute atomic E-state index is 13.3. The third kappa shape index (κ3) is 7.92. The zero-order chi connectivity index (χ0) is 30.5. The highest BCUT2D eigenvalue weighted by Crippen LogP contribution is 2.35. The fourth-order valence-corrected chi connectivity index (χ4v) is 4.35. The van der Waals surface area contributed by atoms with Gasteiger partial charge in [-0.1, -0.05) is 13.8 Å². The van der Waals surface area contributed by atoms with E-state index in [2.05, 4.69) is 25.4 Å². The van der Waals surface area contributed by atoms with Crippen LogP contribution in [0.2, 0.25) is 0 Å². The summed E-state index contributed by atoms with van der Waals surface area (Å²) in [5, 5.41) is 12.4. The molecule has 3 fully saturated rings. The Morgan fingerprint density at radius 2 is 1.83 bits per heavy atom. The van der Waals surface area contributed by atoms with Crippen LogP contribution < -0.4 is 15.5 Å². The fraction of sp³-hybridized carbons (Fsp3) is 0.542. The normalized spacial score (nSPS) is 18.3. The second-order valence-electron chi connectivity index (χ2n) is 9.09. The minimum Gasteiger partial charge on any atom is -0.351 e. The highest BCUT2D eigenvalue weighted by atomic mass is 19.4. The second-order valence-corrected chi connectivity index (χ2v) is 9.09. The lowest BCUT2D eigenvalue weighted by molar-refractivity contribution is -0.148. The predicted molar refractivity (Wildman–Crippen MR) is 134 cm³/mol. The van der Waals surface area contributed by atoms with E-state index in [1.165, 1.54) is 11.4 Å². The monoisotopic (exact) mass is 594 g/mol. The molecular weight excluding hydrogens is 565 g/mol. The van der Waals surface area contributed by atoms with E-state index in [0.717, 1.165) is 32.1 Å². The van der Waals surface area contributed by atoms with Crippen LogP contribution in [0.4, 0.5) is 42.2 Å². The number of fused-ring (bicyclic) bond motifs is 4. The molecule has 3 saturated heterocycles. The van der Waals surface area contributed by atoms with E-state index < -0.39 is 48.6 Å². The summed E-state index contributed by atoms with van der Waals surface area (Å²) in [4.78, 5) is 28.9. The SMILES string of the molecule is CC.CC(=O)CF.O=C(Nc1cn(CC(F)(F)F)nc1C(F)(F)F)c1cnn2ccc(N3CC4CCC3CN4)nc12. The van der Waals surface area contributed by atoms with Crippen molar-refractivity contribution in [2.75, 3.05) is 30.0 Å². The van der Waals surface area contributed by atoms with E-state index >= 15 is 0 Å². The number of hydrogen-bond donors (Lipinski definition) is 2. The third-order valence-corrected chi connectivity index (χ3v) is 6.05. The number of amides is 1. The van der Waals surface area contributed by atoms with E-state index in [1.807, 2.05) is 19.2 Å². The molecule has 0 spiro atoms. The molecule has 41 heavy (non-hydrogen) atoms. The molecule has 3 aliphatic heterocycles. The van der Waals surface area contributed by atoms with Gasteiger partial charge in [-0.2, -0.15) is 36.5 Å². The average Bonchev–Trinajstić information content (AvgIpc) is 3.53. The lowest BCUT2D eigenvalue weighted by Gasteiger charge is -2.46. The topological polar surface area (TPSA) is 109 Å². The van der Waals surface area contributed by atoms with E-state index in [-0.39, 0.29) is 21.9 Å². The van der Waals surface area contributed by atoms with Gasteiger partial charge in [0.25, 0.3) is 5.91 Å². The van der Waals surface area contributed by atoms with Gasteiger partial charge < -0.3 is 15.5 Å². The number of carbonyl (C=O) groups is 2. The van der Waals surface area contributed by atoms with Crippen molar-refractivity contribution in [2.45, 2.75) is 64.6 Å². The Balaban J connectivity index is 0.000000598. The van der Waals surface area contributed by atoms with Crippen molar-refractivity contribution in [3.05, 3.63) is 35.9 Å². The Hall–Kier alpha value is -3.76. The zero-order valence-electron chi connectivity index (χ0n) is 22.4. The molecule has 0 saturated carbocycles. The molecule has 1 amide bonds. The summed E-state index contributed by atoms with van der Waals surface area (Å²) in [5.41, 5.74) is -2.54. The number of hydrogen-bond acceptors (Lipinski definition) is 7. The number of nitrogens with one attached hydrogen (secondary N) is 2.